The fraction of sp³-hybridized carbons (Fsp3) is 0.917. The highest BCUT2D eigenvalue weighted by atomic mass is 16.5. The molecule has 96 valence electrons. The maximum atomic E-state index is 12.1. The third-order valence-electron chi connectivity index (χ3n) is 2.85. The number of rotatable bonds is 8. The van der Waals surface area contributed by atoms with Gasteiger partial charge < -0.3 is 15.4 Å². The quantitative estimate of drug-likeness (QED) is 0.679. The maximum absolute atomic E-state index is 12.1. The molecule has 0 aliphatic rings. The largest absolute Gasteiger partial charge is 0.384 e. The van der Waals surface area contributed by atoms with Crippen molar-refractivity contribution < 1.29 is 9.53 Å². The van der Waals surface area contributed by atoms with E-state index in [0.29, 0.717) is 19.1 Å². The molecule has 2 atom stereocenters. The van der Waals surface area contributed by atoms with Crippen LogP contribution < -0.4 is 5.73 Å². The number of methoxy groups -OCH3 is 1. The van der Waals surface area contributed by atoms with Gasteiger partial charge in [0.25, 0.3) is 0 Å². The van der Waals surface area contributed by atoms with Crippen molar-refractivity contribution in [2.75, 3.05) is 33.4 Å². The van der Waals surface area contributed by atoms with Gasteiger partial charge in [-0.25, -0.2) is 0 Å². The van der Waals surface area contributed by atoms with E-state index in [1.165, 1.54) is 0 Å². The lowest BCUT2D eigenvalue weighted by Gasteiger charge is -2.26. The Labute approximate surface area is 99.1 Å². The standard InChI is InChI=1S/C12H26N2O2/c1-5-14(6-2)12(15)11(8-13)7-10(3)9-16-4/h10-11H,5-9,13H2,1-4H3. The first-order chi connectivity index (χ1) is 7.60. The summed E-state index contributed by atoms with van der Waals surface area (Å²) < 4.78 is 5.08. The summed E-state index contributed by atoms with van der Waals surface area (Å²) in [7, 11) is 1.68. The summed E-state index contributed by atoms with van der Waals surface area (Å²) in [6.45, 7) is 8.68. The number of carbonyl (C=O) groups excluding carboxylic acids is 1. The molecule has 0 saturated heterocycles. The average Bonchev–Trinajstić information content (AvgIpc) is 2.27. The van der Waals surface area contributed by atoms with Crippen molar-refractivity contribution in [3.05, 3.63) is 0 Å². The molecular formula is C12H26N2O2. The highest BCUT2D eigenvalue weighted by molar-refractivity contribution is 5.79. The molecule has 2 unspecified atom stereocenters. The van der Waals surface area contributed by atoms with Crippen LogP contribution in [0.3, 0.4) is 0 Å². The number of carbonyl (C=O) groups is 1. The van der Waals surface area contributed by atoms with Gasteiger partial charge in [-0.05, 0) is 26.2 Å². The van der Waals surface area contributed by atoms with Crippen LogP contribution in [0.4, 0.5) is 0 Å². The summed E-state index contributed by atoms with van der Waals surface area (Å²) in [5.41, 5.74) is 5.68. The summed E-state index contributed by atoms with van der Waals surface area (Å²) in [5, 5.41) is 0. The minimum absolute atomic E-state index is 0.0648. The number of ether oxygens (including phenoxy) is 1. The highest BCUT2D eigenvalue weighted by Gasteiger charge is 2.23. The van der Waals surface area contributed by atoms with Gasteiger partial charge in [-0.3, -0.25) is 4.79 Å². The number of hydrogen-bond acceptors (Lipinski definition) is 3. The monoisotopic (exact) mass is 230 g/mol. The van der Waals surface area contributed by atoms with Gasteiger partial charge in [-0.1, -0.05) is 6.92 Å². The van der Waals surface area contributed by atoms with Crippen molar-refractivity contribution in [2.24, 2.45) is 17.6 Å². The van der Waals surface area contributed by atoms with Crippen LogP contribution in [0.15, 0.2) is 0 Å². The van der Waals surface area contributed by atoms with E-state index in [-0.39, 0.29) is 11.8 Å². The Morgan fingerprint density at radius 2 is 1.94 bits per heavy atom. The van der Waals surface area contributed by atoms with Gasteiger partial charge in [0.05, 0.1) is 5.92 Å². The first kappa shape index (κ1) is 15.4. The minimum atomic E-state index is -0.0648. The van der Waals surface area contributed by atoms with Crippen molar-refractivity contribution in [2.45, 2.75) is 27.2 Å². The van der Waals surface area contributed by atoms with Gasteiger partial charge in [0, 0.05) is 33.4 Å². The topological polar surface area (TPSA) is 55.6 Å². The molecule has 0 saturated carbocycles. The van der Waals surface area contributed by atoms with Crippen LogP contribution in [-0.2, 0) is 9.53 Å². The lowest BCUT2D eigenvalue weighted by molar-refractivity contribution is -0.135. The van der Waals surface area contributed by atoms with Crippen molar-refractivity contribution in [1.82, 2.24) is 4.90 Å². The molecule has 0 aromatic heterocycles. The Morgan fingerprint density at radius 3 is 2.31 bits per heavy atom. The van der Waals surface area contributed by atoms with E-state index in [2.05, 4.69) is 6.92 Å². The molecule has 4 nitrogen and oxygen atoms in total. The summed E-state index contributed by atoms with van der Waals surface area (Å²) in [6.07, 6.45) is 0.805. The van der Waals surface area contributed by atoms with Crippen LogP contribution in [-0.4, -0.2) is 44.2 Å². The van der Waals surface area contributed by atoms with Gasteiger partial charge in [-0.15, -0.1) is 0 Å². The summed E-state index contributed by atoms with van der Waals surface area (Å²) >= 11 is 0. The van der Waals surface area contributed by atoms with Crippen molar-refractivity contribution >= 4 is 5.91 Å². The van der Waals surface area contributed by atoms with Gasteiger partial charge in [0.15, 0.2) is 0 Å². The Morgan fingerprint density at radius 1 is 1.38 bits per heavy atom. The number of nitrogens with two attached hydrogens (primary N) is 1. The van der Waals surface area contributed by atoms with E-state index in [4.69, 9.17) is 10.5 Å². The minimum Gasteiger partial charge on any atom is -0.384 e. The van der Waals surface area contributed by atoms with Crippen LogP contribution in [0.2, 0.25) is 0 Å². The molecule has 0 radical (unpaired) electrons. The van der Waals surface area contributed by atoms with Crippen LogP contribution in [0.1, 0.15) is 27.2 Å². The van der Waals surface area contributed by atoms with Gasteiger partial charge in [-0.2, -0.15) is 0 Å². The molecule has 0 aliphatic carbocycles. The van der Waals surface area contributed by atoms with E-state index in [0.717, 1.165) is 19.5 Å². The van der Waals surface area contributed by atoms with Crippen molar-refractivity contribution in [1.29, 1.82) is 0 Å². The molecule has 16 heavy (non-hydrogen) atoms. The van der Waals surface area contributed by atoms with Crippen molar-refractivity contribution in [3.63, 3.8) is 0 Å². The molecule has 1 amide bonds. The number of nitrogens with zero attached hydrogens (tertiary/aromatic N) is 1. The molecule has 4 heteroatoms. The zero-order chi connectivity index (χ0) is 12.6. The third-order valence-corrected chi connectivity index (χ3v) is 2.85. The first-order valence-corrected chi connectivity index (χ1v) is 6.08. The predicted molar refractivity (Wildman–Crippen MR) is 66.1 cm³/mol. The van der Waals surface area contributed by atoms with Crippen LogP contribution in [0.5, 0.6) is 0 Å². The van der Waals surface area contributed by atoms with E-state index >= 15 is 0 Å². The lowest BCUT2D eigenvalue weighted by Crippen LogP contribution is -2.39. The Balaban J connectivity index is 4.30. The molecule has 0 bridgehead atoms. The SMILES string of the molecule is CCN(CC)C(=O)C(CN)CC(C)COC. The van der Waals surface area contributed by atoms with E-state index in [9.17, 15) is 4.79 Å². The second-order valence-corrected chi connectivity index (χ2v) is 4.24. The summed E-state index contributed by atoms with van der Waals surface area (Å²) in [6, 6.07) is 0. The Kier molecular flexibility index (Phi) is 8.21. The second-order valence-electron chi connectivity index (χ2n) is 4.24. The van der Waals surface area contributed by atoms with Crippen LogP contribution >= 0.6 is 0 Å². The first-order valence-electron chi connectivity index (χ1n) is 6.08. The Bertz CT molecular complexity index is 193. The molecule has 0 spiro atoms. The smallest absolute Gasteiger partial charge is 0.226 e. The van der Waals surface area contributed by atoms with Gasteiger partial charge >= 0.3 is 0 Å². The maximum Gasteiger partial charge on any atom is 0.226 e. The van der Waals surface area contributed by atoms with Gasteiger partial charge in [0.2, 0.25) is 5.91 Å². The van der Waals surface area contributed by atoms with E-state index in [1.807, 2.05) is 18.7 Å². The highest BCUT2D eigenvalue weighted by Crippen LogP contribution is 2.14. The zero-order valence-corrected chi connectivity index (χ0v) is 11.0. The zero-order valence-electron chi connectivity index (χ0n) is 11.0. The molecule has 0 rings (SSSR count). The van der Waals surface area contributed by atoms with Crippen LogP contribution in [0.25, 0.3) is 0 Å². The molecule has 0 aromatic rings. The number of amides is 1. The predicted octanol–water partition coefficient (Wildman–Crippen LogP) is 1.10. The summed E-state index contributed by atoms with van der Waals surface area (Å²) in [5.74, 6) is 0.485. The molecule has 0 heterocycles. The van der Waals surface area contributed by atoms with Gasteiger partial charge in [0.1, 0.15) is 0 Å². The normalized spacial score (nSPS) is 14.6. The molecule has 0 aliphatic heterocycles. The molecule has 2 N–H and O–H groups in total. The molecule has 0 aromatic carbocycles. The van der Waals surface area contributed by atoms with E-state index < -0.39 is 0 Å². The second kappa shape index (κ2) is 8.53. The molecular weight excluding hydrogens is 204 g/mol. The lowest BCUT2D eigenvalue weighted by atomic mass is 9.95. The average molecular weight is 230 g/mol. The third kappa shape index (κ3) is 4.94. The van der Waals surface area contributed by atoms with Crippen LogP contribution in [0, 0.1) is 11.8 Å². The number of hydrogen-bond donors (Lipinski definition) is 1. The fourth-order valence-electron chi connectivity index (χ4n) is 1.93. The molecule has 0 fully saturated rings. The van der Waals surface area contributed by atoms with E-state index in [1.54, 1.807) is 7.11 Å². The Hall–Kier alpha value is -0.610. The fourth-order valence-corrected chi connectivity index (χ4v) is 1.93. The van der Waals surface area contributed by atoms with Crippen molar-refractivity contribution in [3.8, 4) is 0 Å². The summed E-state index contributed by atoms with van der Waals surface area (Å²) in [4.78, 5) is 13.9.